The van der Waals surface area contributed by atoms with Crippen LogP contribution >= 0.6 is 0 Å². The van der Waals surface area contributed by atoms with Crippen LogP contribution in [-0.4, -0.2) is 37.6 Å². The molecule has 2 rings (SSSR count). The van der Waals surface area contributed by atoms with Gasteiger partial charge < -0.3 is 9.64 Å². The van der Waals surface area contributed by atoms with Gasteiger partial charge in [0.2, 0.25) is 0 Å². The van der Waals surface area contributed by atoms with E-state index in [9.17, 15) is 0 Å². The molecule has 0 unspecified atom stereocenters. The smallest absolute Gasteiger partial charge is 0.136 e. The van der Waals surface area contributed by atoms with Crippen molar-refractivity contribution in [2.45, 2.75) is 34.1 Å². The molecule has 1 aromatic rings. The van der Waals surface area contributed by atoms with Crippen molar-refractivity contribution in [3.63, 3.8) is 0 Å². The summed E-state index contributed by atoms with van der Waals surface area (Å²) in [4.78, 5) is 15.5. The number of hydrogen-bond donors (Lipinski definition) is 0. The monoisotopic (exact) mass is 456 g/mol. The Balaban J connectivity index is 2.19. The summed E-state index contributed by atoms with van der Waals surface area (Å²) in [5.41, 5.74) is 5.89. The molecule has 1 aromatic heterocycles. The fourth-order valence-corrected chi connectivity index (χ4v) is 3.63. The first-order valence-corrected chi connectivity index (χ1v) is 11.5. The van der Waals surface area contributed by atoms with Gasteiger partial charge in [-0.25, -0.2) is 4.98 Å². The molecule has 178 valence electrons. The molecular formula is C29H36N4O. The lowest BCUT2D eigenvalue weighted by Crippen LogP contribution is -2.32. The van der Waals surface area contributed by atoms with Gasteiger partial charge in [-0.3, -0.25) is 9.98 Å². The minimum Gasteiger partial charge on any atom is -0.488 e. The summed E-state index contributed by atoms with van der Waals surface area (Å²) >= 11 is 0. The number of aliphatic imine (C=N–C) groups is 2. The Bertz CT molecular complexity index is 1080. The Morgan fingerprint density at radius 1 is 1.24 bits per heavy atom. The number of aromatic nitrogens is 1. The zero-order valence-electron chi connectivity index (χ0n) is 20.9. The molecule has 0 bridgehead atoms. The van der Waals surface area contributed by atoms with Gasteiger partial charge in [-0.1, -0.05) is 37.5 Å². The van der Waals surface area contributed by atoms with Crippen molar-refractivity contribution in [1.82, 2.24) is 4.98 Å². The second-order valence-electron chi connectivity index (χ2n) is 7.74. The summed E-state index contributed by atoms with van der Waals surface area (Å²) in [6.07, 6.45) is 16.2. The molecule has 0 amide bonds. The quantitative estimate of drug-likeness (QED) is 0.207. The number of nitrogens with zero attached hydrogens (tertiary/aromatic N) is 4. The van der Waals surface area contributed by atoms with E-state index >= 15 is 0 Å². The molecule has 0 fully saturated rings. The van der Waals surface area contributed by atoms with Crippen LogP contribution in [0.4, 0.5) is 5.82 Å². The van der Waals surface area contributed by atoms with Crippen LogP contribution in [0.1, 0.15) is 39.7 Å². The Morgan fingerprint density at radius 2 is 2.03 bits per heavy atom. The lowest BCUT2D eigenvalue weighted by atomic mass is 10.0. The molecular weight excluding hydrogens is 420 g/mol. The normalized spacial score (nSPS) is 15.9. The van der Waals surface area contributed by atoms with E-state index in [0.717, 1.165) is 64.8 Å². The van der Waals surface area contributed by atoms with Crippen LogP contribution in [0.5, 0.6) is 0 Å². The van der Waals surface area contributed by atoms with E-state index in [1.54, 1.807) is 0 Å². The van der Waals surface area contributed by atoms with E-state index in [0.29, 0.717) is 6.61 Å². The van der Waals surface area contributed by atoms with Crippen molar-refractivity contribution < 1.29 is 4.74 Å². The SMILES string of the molecule is C=CC1=C(N=CC)CCN(c2ncccc2C(=C)/C=C\C(=C/C)OC/C(N=C)=C(C)/C=C/C)C1. The zero-order valence-corrected chi connectivity index (χ0v) is 20.9. The lowest BCUT2D eigenvalue weighted by Gasteiger charge is -2.31. The van der Waals surface area contributed by atoms with Crippen LogP contribution in [0.25, 0.3) is 5.57 Å². The number of rotatable bonds is 11. The van der Waals surface area contributed by atoms with Gasteiger partial charge in [-0.2, -0.15) is 0 Å². The first kappa shape index (κ1) is 26.5. The van der Waals surface area contributed by atoms with Crippen molar-refractivity contribution in [2.24, 2.45) is 9.98 Å². The summed E-state index contributed by atoms with van der Waals surface area (Å²) in [5, 5.41) is 0. The van der Waals surface area contributed by atoms with Gasteiger partial charge in [-0.05, 0) is 75.4 Å². The second kappa shape index (κ2) is 13.7. The predicted octanol–water partition coefficient (Wildman–Crippen LogP) is 6.86. The van der Waals surface area contributed by atoms with E-state index in [4.69, 9.17) is 4.74 Å². The Kier molecular flexibility index (Phi) is 10.7. The van der Waals surface area contributed by atoms with E-state index < -0.39 is 0 Å². The van der Waals surface area contributed by atoms with Crippen LogP contribution in [-0.2, 0) is 4.74 Å². The molecule has 1 aliphatic heterocycles. The highest BCUT2D eigenvalue weighted by atomic mass is 16.5. The Morgan fingerprint density at radius 3 is 2.68 bits per heavy atom. The fraction of sp³-hybridized carbons (Fsp3) is 0.276. The van der Waals surface area contributed by atoms with Crippen LogP contribution in [0.15, 0.2) is 106 Å². The Hall–Kier alpha value is -3.73. The molecule has 0 aliphatic carbocycles. The molecule has 2 heterocycles. The fourth-order valence-electron chi connectivity index (χ4n) is 3.63. The molecule has 0 spiro atoms. The molecule has 5 nitrogen and oxygen atoms in total. The minimum absolute atomic E-state index is 0.349. The van der Waals surface area contributed by atoms with Crippen LogP contribution in [0, 0.1) is 0 Å². The highest BCUT2D eigenvalue weighted by Gasteiger charge is 2.20. The van der Waals surface area contributed by atoms with Crippen molar-refractivity contribution in [2.75, 3.05) is 24.6 Å². The standard InChI is InChI=1S/C29H36N4O/c1-8-13-23(6)28(30-7)21-34-25(10-3)16-15-22(5)26-14-12-18-32-29(26)33-19-17-27(31-11-4)24(9-2)20-33/h8-16,18H,2,5,7,17,19-21H2,1,3-4,6H3/b13-8+,16-15-,25-10+,28-23-,31-11?. The average Bonchev–Trinajstić information content (AvgIpc) is 2.86. The average molecular weight is 457 g/mol. The molecule has 0 saturated heterocycles. The van der Waals surface area contributed by atoms with E-state index in [2.05, 4.69) is 39.7 Å². The summed E-state index contributed by atoms with van der Waals surface area (Å²) < 4.78 is 5.96. The lowest BCUT2D eigenvalue weighted by molar-refractivity contribution is 0.251. The number of ether oxygens (including phenoxy) is 1. The largest absolute Gasteiger partial charge is 0.488 e. The maximum absolute atomic E-state index is 5.96. The molecule has 5 heteroatoms. The summed E-state index contributed by atoms with van der Waals surface area (Å²) in [6.45, 7) is 21.7. The molecule has 0 atom stereocenters. The van der Waals surface area contributed by atoms with Crippen molar-refractivity contribution >= 4 is 24.3 Å². The van der Waals surface area contributed by atoms with Gasteiger partial charge in [0.15, 0.2) is 0 Å². The third-order valence-electron chi connectivity index (χ3n) is 5.49. The van der Waals surface area contributed by atoms with E-state index in [1.807, 2.05) is 88.7 Å². The zero-order chi connectivity index (χ0) is 24.9. The van der Waals surface area contributed by atoms with Crippen molar-refractivity contribution in [3.05, 3.63) is 102 Å². The topological polar surface area (TPSA) is 50.1 Å². The number of hydrogen-bond acceptors (Lipinski definition) is 5. The maximum atomic E-state index is 5.96. The summed E-state index contributed by atoms with van der Waals surface area (Å²) in [6, 6.07) is 3.98. The molecule has 1 aliphatic rings. The first-order valence-electron chi connectivity index (χ1n) is 11.5. The third-order valence-corrected chi connectivity index (χ3v) is 5.49. The first-order chi connectivity index (χ1) is 16.5. The third kappa shape index (κ3) is 7.14. The molecule has 0 N–H and O–H groups in total. The van der Waals surface area contributed by atoms with Gasteiger partial charge >= 0.3 is 0 Å². The maximum Gasteiger partial charge on any atom is 0.136 e. The molecule has 0 aromatic carbocycles. The van der Waals surface area contributed by atoms with Crippen LogP contribution in [0.3, 0.4) is 0 Å². The summed E-state index contributed by atoms with van der Waals surface area (Å²) in [5.74, 6) is 1.64. The van der Waals surface area contributed by atoms with Gasteiger partial charge in [0.25, 0.3) is 0 Å². The second-order valence-corrected chi connectivity index (χ2v) is 7.74. The number of anilines is 1. The van der Waals surface area contributed by atoms with E-state index in [-0.39, 0.29) is 0 Å². The number of pyridine rings is 1. The highest BCUT2D eigenvalue weighted by molar-refractivity contribution is 5.80. The van der Waals surface area contributed by atoms with Crippen LogP contribution < -0.4 is 4.90 Å². The predicted molar refractivity (Wildman–Crippen MR) is 147 cm³/mol. The molecule has 0 radical (unpaired) electrons. The summed E-state index contributed by atoms with van der Waals surface area (Å²) in [7, 11) is 0. The minimum atomic E-state index is 0.349. The highest BCUT2D eigenvalue weighted by Crippen LogP contribution is 2.30. The molecule has 0 saturated carbocycles. The van der Waals surface area contributed by atoms with Crippen molar-refractivity contribution in [1.29, 1.82) is 0 Å². The number of allylic oxidation sites excluding steroid dienone is 7. The van der Waals surface area contributed by atoms with Gasteiger partial charge in [-0.15, -0.1) is 0 Å². The molecule has 34 heavy (non-hydrogen) atoms. The van der Waals surface area contributed by atoms with Gasteiger partial charge in [0.05, 0.1) is 5.70 Å². The Labute approximate surface area is 204 Å². The van der Waals surface area contributed by atoms with Gasteiger partial charge in [0.1, 0.15) is 18.2 Å². The van der Waals surface area contributed by atoms with Crippen LogP contribution in [0.2, 0.25) is 0 Å². The van der Waals surface area contributed by atoms with Crippen molar-refractivity contribution in [3.8, 4) is 0 Å². The van der Waals surface area contributed by atoms with E-state index in [1.165, 1.54) is 0 Å². The van der Waals surface area contributed by atoms with Gasteiger partial charge in [0, 0.05) is 43.2 Å².